The highest BCUT2D eigenvalue weighted by molar-refractivity contribution is 5.76. The van der Waals surface area contributed by atoms with E-state index in [1.807, 2.05) is 44.5 Å². The topological polar surface area (TPSA) is 43.3 Å². The molecule has 0 bridgehead atoms. The summed E-state index contributed by atoms with van der Waals surface area (Å²) in [6.45, 7) is 8.30. The summed E-state index contributed by atoms with van der Waals surface area (Å²) in [5.74, 6) is -0.206. The molecule has 0 fully saturated rings. The zero-order chi connectivity index (χ0) is 12.3. The lowest BCUT2D eigenvalue weighted by Gasteiger charge is -2.24. The van der Waals surface area contributed by atoms with Crippen molar-refractivity contribution < 1.29 is 9.53 Å². The van der Waals surface area contributed by atoms with Crippen LogP contribution in [0.3, 0.4) is 0 Å². The first kappa shape index (κ1) is 12.6. The number of hydrogen-bond donors (Lipinski definition) is 1. The zero-order valence-corrected chi connectivity index (χ0v) is 10.6. The number of methoxy groups -OCH3 is 1. The Morgan fingerprint density at radius 3 is 2.31 bits per heavy atom. The Bertz CT molecular complexity index is 361. The van der Waals surface area contributed by atoms with Crippen LogP contribution >= 0.6 is 0 Å². The summed E-state index contributed by atoms with van der Waals surface area (Å²) in [5, 5.41) is 0. The van der Waals surface area contributed by atoms with E-state index >= 15 is 0 Å². The van der Waals surface area contributed by atoms with E-state index in [1.165, 1.54) is 7.11 Å². The van der Waals surface area contributed by atoms with E-state index in [-0.39, 0.29) is 5.97 Å². The highest BCUT2D eigenvalue weighted by Crippen LogP contribution is 2.16. The molecule has 1 aromatic heterocycles. The van der Waals surface area contributed by atoms with Crippen LogP contribution in [0.1, 0.15) is 25.2 Å². The third-order valence-corrected chi connectivity index (χ3v) is 2.69. The van der Waals surface area contributed by atoms with Crippen LogP contribution in [0, 0.1) is 19.3 Å². The quantitative estimate of drug-likeness (QED) is 0.794. The van der Waals surface area contributed by atoms with Crippen molar-refractivity contribution in [1.29, 1.82) is 0 Å². The SMILES string of the molecule is COC(=O)C(C)(C)CNn1c(C)ccc1C. The molecule has 0 spiro atoms. The number of nitrogens with one attached hydrogen (secondary N) is 1. The Labute approximate surface area is 96.6 Å². The van der Waals surface area contributed by atoms with Crippen LogP contribution in [0.25, 0.3) is 0 Å². The number of esters is 1. The Hall–Kier alpha value is -1.45. The molecule has 1 aromatic rings. The van der Waals surface area contributed by atoms with Gasteiger partial charge in [0.1, 0.15) is 0 Å². The first-order valence-electron chi connectivity index (χ1n) is 5.36. The van der Waals surface area contributed by atoms with Crippen LogP contribution in [0.2, 0.25) is 0 Å². The number of carbonyl (C=O) groups excluding carboxylic acids is 1. The molecule has 1 rings (SSSR count). The fourth-order valence-corrected chi connectivity index (χ4v) is 1.54. The van der Waals surface area contributed by atoms with E-state index in [0.29, 0.717) is 6.54 Å². The van der Waals surface area contributed by atoms with Gasteiger partial charge in [0.15, 0.2) is 0 Å². The Morgan fingerprint density at radius 1 is 1.38 bits per heavy atom. The summed E-state index contributed by atoms with van der Waals surface area (Å²) in [4.78, 5) is 11.5. The number of nitrogens with zero attached hydrogens (tertiary/aromatic N) is 1. The Morgan fingerprint density at radius 2 is 1.88 bits per heavy atom. The van der Waals surface area contributed by atoms with Crippen molar-refractivity contribution in [3.05, 3.63) is 23.5 Å². The fourth-order valence-electron chi connectivity index (χ4n) is 1.54. The molecule has 0 saturated heterocycles. The summed E-state index contributed by atoms with van der Waals surface area (Å²) in [6, 6.07) is 4.07. The second-order valence-electron chi connectivity index (χ2n) is 4.66. The van der Waals surface area contributed by atoms with Gasteiger partial charge in [-0.25, -0.2) is 0 Å². The minimum atomic E-state index is -0.530. The van der Waals surface area contributed by atoms with Gasteiger partial charge in [-0.15, -0.1) is 0 Å². The maximum Gasteiger partial charge on any atom is 0.313 e. The summed E-state index contributed by atoms with van der Waals surface area (Å²) < 4.78 is 6.73. The molecule has 90 valence electrons. The maximum absolute atomic E-state index is 11.5. The number of rotatable bonds is 4. The summed E-state index contributed by atoms with van der Waals surface area (Å²) in [7, 11) is 1.41. The van der Waals surface area contributed by atoms with Gasteiger partial charge in [0, 0.05) is 17.9 Å². The molecule has 1 heterocycles. The zero-order valence-electron chi connectivity index (χ0n) is 10.6. The number of hydrogen-bond acceptors (Lipinski definition) is 3. The van der Waals surface area contributed by atoms with Crippen LogP contribution in [0.5, 0.6) is 0 Å². The molecule has 0 unspecified atom stereocenters. The number of aromatic nitrogens is 1. The predicted octanol–water partition coefficient (Wildman–Crippen LogP) is 1.85. The number of aryl methyl sites for hydroxylation is 2. The summed E-state index contributed by atoms with van der Waals surface area (Å²) >= 11 is 0. The van der Waals surface area contributed by atoms with Crippen molar-refractivity contribution >= 4 is 5.97 Å². The lowest BCUT2D eigenvalue weighted by Crippen LogP contribution is -2.36. The average molecular weight is 224 g/mol. The second-order valence-corrected chi connectivity index (χ2v) is 4.66. The van der Waals surface area contributed by atoms with Gasteiger partial charge >= 0.3 is 5.97 Å². The predicted molar refractivity (Wildman–Crippen MR) is 63.9 cm³/mol. The van der Waals surface area contributed by atoms with E-state index < -0.39 is 5.41 Å². The first-order valence-corrected chi connectivity index (χ1v) is 5.36. The molecule has 0 radical (unpaired) electrons. The van der Waals surface area contributed by atoms with Crippen LogP contribution in [-0.4, -0.2) is 24.3 Å². The molecule has 0 atom stereocenters. The molecular weight excluding hydrogens is 204 g/mol. The van der Waals surface area contributed by atoms with Gasteiger partial charge in [-0.2, -0.15) is 0 Å². The normalized spacial score (nSPS) is 11.3. The second kappa shape index (κ2) is 4.60. The monoisotopic (exact) mass is 224 g/mol. The molecule has 16 heavy (non-hydrogen) atoms. The highest BCUT2D eigenvalue weighted by atomic mass is 16.5. The van der Waals surface area contributed by atoms with E-state index in [0.717, 1.165) is 11.4 Å². The van der Waals surface area contributed by atoms with Crippen molar-refractivity contribution in [2.45, 2.75) is 27.7 Å². The van der Waals surface area contributed by atoms with Gasteiger partial charge in [-0.1, -0.05) is 0 Å². The van der Waals surface area contributed by atoms with E-state index in [4.69, 9.17) is 4.74 Å². The van der Waals surface area contributed by atoms with Crippen molar-refractivity contribution in [2.75, 3.05) is 19.1 Å². The van der Waals surface area contributed by atoms with Gasteiger partial charge in [-0.3, -0.25) is 9.47 Å². The third kappa shape index (κ3) is 2.56. The van der Waals surface area contributed by atoms with Gasteiger partial charge in [0.05, 0.1) is 12.5 Å². The number of ether oxygens (including phenoxy) is 1. The standard InChI is InChI=1S/C12H20N2O2/c1-9-6-7-10(2)14(9)13-8-12(3,4)11(15)16-5/h6-7,13H,8H2,1-5H3. The van der Waals surface area contributed by atoms with E-state index in [1.54, 1.807) is 0 Å². The number of carbonyl (C=O) groups is 1. The molecule has 4 heteroatoms. The molecule has 0 aliphatic carbocycles. The lowest BCUT2D eigenvalue weighted by atomic mass is 9.94. The van der Waals surface area contributed by atoms with Gasteiger partial charge < -0.3 is 10.2 Å². The highest BCUT2D eigenvalue weighted by Gasteiger charge is 2.28. The van der Waals surface area contributed by atoms with Crippen LogP contribution in [0.4, 0.5) is 0 Å². The minimum absolute atomic E-state index is 0.206. The Balaban J connectivity index is 2.68. The first-order chi connectivity index (χ1) is 7.38. The molecule has 1 N–H and O–H groups in total. The Kier molecular flexibility index (Phi) is 3.62. The molecule has 0 saturated carbocycles. The van der Waals surface area contributed by atoms with Gasteiger partial charge in [-0.05, 0) is 39.8 Å². The summed E-state index contributed by atoms with van der Waals surface area (Å²) in [5.41, 5.74) is 4.95. The summed E-state index contributed by atoms with van der Waals surface area (Å²) in [6.07, 6.45) is 0. The average Bonchev–Trinajstić information content (AvgIpc) is 2.55. The largest absolute Gasteiger partial charge is 0.469 e. The van der Waals surface area contributed by atoms with Gasteiger partial charge in [0.2, 0.25) is 0 Å². The fraction of sp³-hybridized carbons (Fsp3) is 0.583. The van der Waals surface area contributed by atoms with Crippen molar-refractivity contribution in [3.63, 3.8) is 0 Å². The van der Waals surface area contributed by atoms with Gasteiger partial charge in [0.25, 0.3) is 0 Å². The smallest absolute Gasteiger partial charge is 0.313 e. The molecule has 0 aliphatic heterocycles. The van der Waals surface area contributed by atoms with Crippen molar-refractivity contribution in [3.8, 4) is 0 Å². The van der Waals surface area contributed by atoms with Crippen molar-refractivity contribution in [1.82, 2.24) is 4.68 Å². The van der Waals surface area contributed by atoms with E-state index in [2.05, 4.69) is 5.43 Å². The van der Waals surface area contributed by atoms with Crippen molar-refractivity contribution in [2.24, 2.45) is 5.41 Å². The minimum Gasteiger partial charge on any atom is -0.469 e. The molecule has 4 nitrogen and oxygen atoms in total. The third-order valence-electron chi connectivity index (χ3n) is 2.69. The molecule has 0 aliphatic rings. The van der Waals surface area contributed by atoms with Crippen LogP contribution < -0.4 is 5.43 Å². The lowest BCUT2D eigenvalue weighted by molar-refractivity contribution is -0.150. The van der Waals surface area contributed by atoms with E-state index in [9.17, 15) is 4.79 Å². The van der Waals surface area contributed by atoms with Crippen LogP contribution in [0.15, 0.2) is 12.1 Å². The molecule has 0 amide bonds. The maximum atomic E-state index is 11.5. The molecular formula is C12H20N2O2. The van der Waals surface area contributed by atoms with Crippen LogP contribution in [-0.2, 0) is 9.53 Å². The molecule has 0 aromatic carbocycles.